The maximum Gasteiger partial charge on any atom is 0.286 e. The van der Waals surface area contributed by atoms with E-state index in [0.717, 1.165) is 0 Å². The van der Waals surface area contributed by atoms with Crippen molar-refractivity contribution in [1.82, 2.24) is 0 Å². The molecule has 0 aromatic heterocycles. The van der Waals surface area contributed by atoms with Gasteiger partial charge < -0.3 is 15.9 Å². The Hall–Kier alpha value is 0.852. The van der Waals surface area contributed by atoms with E-state index in [1.807, 2.05) is 0 Å². The minimum absolute atomic E-state index is 0. The van der Waals surface area contributed by atoms with E-state index in [9.17, 15) is 14.7 Å². The summed E-state index contributed by atoms with van der Waals surface area (Å²) in [6.07, 6.45) is 0.158. The zero-order valence-corrected chi connectivity index (χ0v) is 14.3. The van der Waals surface area contributed by atoms with E-state index < -0.39 is 18.1 Å². The number of carboxylic acid groups (broad SMARTS) is 1. The summed E-state index contributed by atoms with van der Waals surface area (Å²) in [6, 6.07) is -1.13. The van der Waals surface area contributed by atoms with Crippen LogP contribution in [-0.2, 0) is 9.59 Å². The first-order valence-corrected chi connectivity index (χ1v) is 5.88. The zero-order chi connectivity index (χ0) is 11.4. The van der Waals surface area contributed by atoms with Gasteiger partial charge in [0.2, 0.25) is 0 Å². The number of rotatable bonds is 5. The van der Waals surface area contributed by atoms with Crippen LogP contribution in [0, 0.1) is 50.0 Å². The van der Waals surface area contributed by atoms with Crippen molar-refractivity contribution in [2.45, 2.75) is 25.0 Å². The average Bonchev–Trinajstić information content (AvgIpc) is 2.45. The Morgan fingerprint density at radius 1 is 1.62 bits per heavy atom. The number of thioether (sulfide) groups is 1. The third-order valence-corrected chi connectivity index (χ3v) is 3.56. The number of aliphatic hydroxyl groups is 1. The first kappa shape index (κ1) is 16.9. The number of hydrogen-bond donors (Lipinski definition) is 2. The molecule has 3 N–H and O–H groups in total. The quantitative estimate of drug-likeness (QED) is 0.627. The van der Waals surface area contributed by atoms with E-state index >= 15 is 0 Å². The molecule has 0 aliphatic heterocycles. The Morgan fingerprint density at radius 2 is 2.25 bits per heavy atom. The molecule has 0 saturated heterocycles. The van der Waals surface area contributed by atoms with E-state index in [-0.39, 0.29) is 67.9 Å². The summed E-state index contributed by atoms with van der Waals surface area (Å²) in [4.78, 5) is 21.6. The molecule has 1 aliphatic carbocycles. The van der Waals surface area contributed by atoms with Gasteiger partial charge in [0.25, 0.3) is 5.97 Å². The van der Waals surface area contributed by atoms with Crippen molar-refractivity contribution in [2.24, 2.45) is 5.92 Å². The SMILES string of the molecule is [Ac].[NH-]C(CSCC1CC(O)CC1=O)C(=O)O. The van der Waals surface area contributed by atoms with Gasteiger partial charge in [0.15, 0.2) is 0 Å². The molecule has 3 atom stereocenters. The summed E-state index contributed by atoms with van der Waals surface area (Å²) in [5, 5.41) is 17.7. The van der Waals surface area contributed by atoms with Gasteiger partial charge in [-0.15, -0.1) is 0 Å². The Bertz CT molecular complexity index is 264. The zero-order valence-electron chi connectivity index (χ0n) is 8.76. The maximum absolute atomic E-state index is 11.3. The molecule has 0 aromatic carbocycles. The first-order valence-electron chi connectivity index (χ1n) is 4.73. The average molecular weight is 459 g/mol. The van der Waals surface area contributed by atoms with Crippen molar-refractivity contribution < 1.29 is 63.9 Å². The van der Waals surface area contributed by atoms with Crippen molar-refractivity contribution in [1.29, 1.82) is 0 Å². The van der Waals surface area contributed by atoms with Gasteiger partial charge in [-0.05, 0) is 18.2 Å². The molecule has 1 aliphatic rings. The van der Waals surface area contributed by atoms with Crippen LogP contribution in [0.2, 0.25) is 0 Å². The molecule has 0 amide bonds. The molecule has 1 rings (SSSR count). The summed E-state index contributed by atoms with van der Waals surface area (Å²) < 4.78 is 0. The Morgan fingerprint density at radius 3 is 2.69 bits per heavy atom. The second kappa shape index (κ2) is 8.04. The van der Waals surface area contributed by atoms with E-state index in [2.05, 4.69) is 0 Å². The van der Waals surface area contributed by atoms with Crippen LogP contribution in [0.25, 0.3) is 5.73 Å². The normalized spacial score (nSPS) is 26.2. The van der Waals surface area contributed by atoms with Crippen LogP contribution in [0.15, 0.2) is 0 Å². The fraction of sp³-hybridized carbons (Fsp3) is 0.778. The van der Waals surface area contributed by atoms with Gasteiger partial charge in [-0.2, -0.15) is 11.8 Å². The Kier molecular flexibility index (Phi) is 8.47. The summed E-state index contributed by atoms with van der Waals surface area (Å²) in [5.41, 5.74) is 7.14. The maximum atomic E-state index is 11.3. The molecule has 1 saturated carbocycles. The predicted molar refractivity (Wildman–Crippen MR) is 56.8 cm³/mol. The molecule has 5 nitrogen and oxygen atoms in total. The number of ketones is 1. The number of hydrogen-bond acceptors (Lipinski definition) is 4. The van der Waals surface area contributed by atoms with Gasteiger partial charge in [-0.3, -0.25) is 9.59 Å². The molecule has 16 heavy (non-hydrogen) atoms. The largest absolute Gasteiger partial charge is 0.665 e. The van der Waals surface area contributed by atoms with E-state index in [4.69, 9.17) is 10.8 Å². The van der Waals surface area contributed by atoms with E-state index in [0.29, 0.717) is 12.2 Å². The monoisotopic (exact) mass is 459 g/mol. The summed E-state index contributed by atoms with van der Waals surface area (Å²) >= 11 is 1.29. The molecule has 1 radical (unpaired) electrons. The number of carboxylic acids is 1. The summed E-state index contributed by atoms with van der Waals surface area (Å²) in [7, 11) is 0. The molecule has 0 spiro atoms. The minimum atomic E-state index is -1.14. The number of aliphatic carboxylic acids is 1. The molecule has 3 unspecified atom stereocenters. The molecule has 1 fully saturated rings. The Labute approximate surface area is 134 Å². The standard InChI is InChI=1S/C9H14NO4S.Ac/c10-7(9(13)14)4-15-3-5-1-6(11)2-8(5)12;/h5-7,10-11H,1-4H2,(H,13,14);/q-1;. The molecule has 0 aromatic rings. The van der Waals surface area contributed by atoms with Crippen molar-refractivity contribution in [3.8, 4) is 0 Å². The topological polar surface area (TPSA) is 98.4 Å². The van der Waals surface area contributed by atoms with E-state index in [1.165, 1.54) is 11.8 Å². The summed E-state index contributed by atoms with van der Waals surface area (Å²) in [5.74, 6) is -0.550. The van der Waals surface area contributed by atoms with Crippen LogP contribution in [0.1, 0.15) is 12.8 Å². The molecular formula is C9H14AcNO4S-. The van der Waals surface area contributed by atoms with Crippen molar-refractivity contribution in [3.63, 3.8) is 0 Å². The van der Waals surface area contributed by atoms with Gasteiger partial charge in [0, 0.05) is 62.2 Å². The number of Topliss-reactive ketones (excluding diaryl/α,β-unsaturated/α-hetero) is 1. The second-order valence-corrected chi connectivity index (χ2v) is 4.76. The van der Waals surface area contributed by atoms with Crippen molar-refractivity contribution in [2.75, 3.05) is 11.5 Å². The molecular weight excluding hydrogens is 445 g/mol. The summed E-state index contributed by atoms with van der Waals surface area (Å²) in [6.45, 7) is 0. The Balaban J connectivity index is 0.00000225. The fourth-order valence-electron chi connectivity index (χ4n) is 1.50. The second-order valence-electron chi connectivity index (χ2n) is 3.69. The smallest absolute Gasteiger partial charge is 0.286 e. The van der Waals surface area contributed by atoms with E-state index in [1.54, 1.807) is 0 Å². The number of nitrogens with one attached hydrogen (secondary N) is 1. The fourth-order valence-corrected chi connectivity index (χ4v) is 2.62. The van der Waals surface area contributed by atoms with Gasteiger partial charge in [-0.25, -0.2) is 0 Å². The van der Waals surface area contributed by atoms with Crippen LogP contribution in [0.4, 0.5) is 0 Å². The van der Waals surface area contributed by atoms with Crippen LogP contribution in [0.5, 0.6) is 0 Å². The van der Waals surface area contributed by atoms with Crippen LogP contribution in [0.3, 0.4) is 0 Å². The third-order valence-electron chi connectivity index (χ3n) is 2.35. The van der Waals surface area contributed by atoms with Gasteiger partial charge in [0.1, 0.15) is 5.78 Å². The molecule has 0 bridgehead atoms. The predicted octanol–water partition coefficient (Wildman–Crippen LogP) is 0.565. The van der Waals surface area contributed by atoms with Gasteiger partial charge in [0.05, 0.1) is 6.10 Å². The molecule has 7 heteroatoms. The van der Waals surface area contributed by atoms with Crippen LogP contribution < -0.4 is 0 Å². The molecule has 0 heterocycles. The number of aliphatic hydroxyl groups excluding tert-OH is 1. The van der Waals surface area contributed by atoms with Gasteiger partial charge >= 0.3 is 0 Å². The van der Waals surface area contributed by atoms with Crippen molar-refractivity contribution in [3.05, 3.63) is 5.73 Å². The molecule has 89 valence electrons. The first-order chi connectivity index (χ1) is 7.00. The number of carbonyl (C=O) groups is 2. The number of carbonyl (C=O) groups excluding carboxylic acids is 1. The van der Waals surface area contributed by atoms with Crippen LogP contribution in [-0.4, -0.2) is 45.6 Å². The third kappa shape index (κ3) is 5.46. The minimum Gasteiger partial charge on any atom is -0.665 e. The van der Waals surface area contributed by atoms with Crippen LogP contribution >= 0.6 is 11.8 Å². The van der Waals surface area contributed by atoms with Gasteiger partial charge in [-0.1, -0.05) is 0 Å². The van der Waals surface area contributed by atoms with Crippen molar-refractivity contribution >= 4 is 23.5 Å².